The number of carbonyl (C=O) groups is 1. The molecule has 0 aliphatic carbocycles. The molecule has 0 aliphatic heterocycles. The van der Waals surface area contributed by atoms with E-state index in [0.717, 1.165) is 16.9 Å². The van der Waals surface area contributed by atoms with Crippen molar-refractivity contribution in [2.75, 3.05) is 12.9 Å². The van der Waals surface area contributed by atoms with Gasteiger partial charge in [-0.25, -0.2) is 9.97 Å². The molecule has 2 aromatic carbocycles. The molecular formula is C22H23N3O3S. The number of hydrogen-bond donors (Lipinski definition) is 1. The minimum Gasteiger partial charge on any atom is -0.497 e. The van der Waals surface area contributed by atoms with Crippen LogP contribution in [0.25, 0.3) is 0 Å². The highest BCUT2D eigenvalue weighted by molar-refractivity contribution is 8.00. The number of amides is 1. The topological polar surface area (TPSA) is 73.3 Å². The summed E-state index contributed by atoms with van der Waals surface area (Å²) in [5.74, 6) is 1.92. The zero-order chi connectivity index (χ0) is 20.6. The van der Waals surface area contributed by atoms with Crippen molar-refractivity contribution < 1.29 is 14.3 Å². The lowest BCUT2D eigenvalue weighted by molar-refractivity contribution is -0.119. The van der Waals surface area contributed by atoms with Crippen LogP contribution in [0.4, 0.5) is 0 Å². The van der Waals surface area contributed by atoms with Crippen LogP contribution in [0.3, 0.4) is 0 Å². The highest BCUT2D eigenvalue weighted by atomic mass is 32.2. The van der Waals surface area contributed by atoms with E-state index in [0.29, 0.717) is 16.7 Å². The molecule has 1 atom stereocenters. The number of benzene rings is 2. The van der Waals surface area contributed by atoms with Crippen LogP contribution in [-0.4, -0.2) is 28.7 Å². The van der Waals surface area contributed by atoms with E-state index in [-0.39, 0.29) is 17.7 Å². The second kappa shape index (κ2) is 9.93. The maximum absolute atomic E-state index is 12.4. The van der Waals surface area contributed by atoms with Gasteiger partial charge in [0.2, 0.25) is 5.91 Å². The molecule has 29 heavy (non-hydrogen) atoms. The Morgan fingerprint density at radius 3 is 2.62 bits per heavy atom. The fraction of sp³-hybridized carbons (Fsp3) is 0.227. The molecule has 1 amide bonds. The summed E-state index contributed by atoms with van der Waals surface area (Å²) in [5.41, 5.74) is 2.12. The third-order valence-corrected chi connectivity index (χ3v) is 5.14. The number of nitrogens with zero attached hydrogens (tertiary/aromatic N) is 2. The fourth-order valence-corrected chi connectivity index (χ4v) is 3.32. The Labute approximate surface area is 174 Å². The number of hydrogen-bond acceptors (Lipinski definition) is 6. The second-order valence-corrected chi connectivity index (χ2v) is 7.40. The average Bonchev–Trinajstić information content (AvgIpc) is 2.74. The highest BCUT2D eigenvalue weighted by Crippen LogP contribution is 2.29. The van der Waals surface area contributed by atoms with Crippen LogP contribution < -0.4 is 14.8 Å². The number of carbonyl (C=O) groups excluding carboxylic acids is 1. The van der Waals surface area contributed by atoms with E-state index < -0.39 is 0 Å². The maximum atomic E-state index is 12.4. The fourth-order valence-electron chi connectivity index (χ4n) is 2.61. The summed E-state index contributed by atoms with van der Waals surface area (Å²) in [6.45, 7) is 3.95. The first-order valence-corrected chi connectivity index (χ1v) is 10.2. The number of ether oxygens (including phenoxy) is 2. The first-order chi connectivity index (χ1) is 14.0. The van der Waals surface area contributed by atoms with Crippen molar-refractivity contribution in [3.63, 3.8) is 0 Å². The van der Waals surface area contributed by atoms with Gasteiger partial charge in [0.25, 0.3) is 5.88 Å². The monoisotopic (exact) mass is 409 g/mol. The molecule has 0 radical (unpaired) electrons. The molecule has 150 valence electrons. The molecule has 0 spiro atoms. The molecule has 0 bridgehead atoms. The standard InChI is InChI=1S/C22H23N3O3S/c1-15-7-9-18(10-8-15)28-21-22(24-12-11-23-21)29-14-20(26)25-16(2)17-5-4-6-19(13-17)27-3/h4-13,16H,14H2,1-3H3,(H,25,26). The van der Waals surface area contributed by atoms with Gasteiger partial charge in [0, 0.05) is 12.4 Å². The van der Waals surface area contributed by atoms with E-state index in [2.05, 4.69) is 15.3 Å². The van der Waals surface area contributed by atoms with Crippen molar-refractivity contribution in [3.8, 4) is 17.4 Å². The predicted octanol–water partition coefficient (Wildman–Crippen LogP) is 4.56. The minimum absolute atomic E-state index is 0.0998. The maximum Gasteiger partial charge on any atom is 0.252 e. The van der Waals surface area contributed by atoms with Gasteiger partial charge in [-0.15, -0.1) is 0 Å². The summed E-state index contributed by atoms with van der Waals surface area (Å²) in [5, 5.41) is 3.56. The summed E-state index contributed by atoms with van der Waals surface area (Å²) in [4.78, 5) is 21.0. The largest absolute Gasteiger partial charge is 0.497 e. The predicted molar refractivity (Wildman–Crippen MR) is 114 cm³/mol. The van der Waals surface area contributed by atoms with Crippen LogP contribution in [-0.2, 0) is 4.79 Å². The normalized spacial score (nSPS) is 11.6. The average molecular weight is 410 g/mol. The van der Waals surface area contributed by atoms with Crippen molar-refractivity contribution in [1.82, 2.24) is 15.3 Å². The smallest absolute Gasteiger partial charge is 0.252 e. The van der Waals surface area contributed by atoms with Gasteiger partial charge in [-0.05, 0) is 43.7 Å². The van der Waals surface area contributed by atoms with E-state index in [1.165, 1.54) is 11.8 Å². The summed E-state index contributed by atoms with van der Waals surface area (Å²) in [6, 6.07) is 15.2. The summed E-state index contributed by atoms with van der Waals surface area (Å²) >= 11 is 1.29. The molecular weight excluding hydrogens is 386 g/mol. The number of aryl methyl sites for hydroxylation is 1. The van der Waals surface area contributed by atoms with Gasteiger partial charge in [0.05, 0.1) is 18.9 Å². The van der Waals surface area contributed by atoms with Crippen LogP contribution in [0.15, 0.2) is 66.0 Å². The van der Waals surface area contributed by atoms with Crippen LogP contribution >= 0.6 is 11.8 Å². The van der Waals surface area contributed by atoms with E-state index in [1.54, 1.807) is 19.5 Å². The molecule has 3 aromatic rings. The Bertz CT molecular complexity index is 964. The van der Waals surface area contributed by atoms with Crippen molar-refractivity contribution in [1.29, 1.82) is 0 Å². The first kappa shape index (κ1) is 20.7. The molecule has 3 rings (SSSR count). The van der Waals surface area contributed by atoms with Gasteiger partial charge in [0.1, 0.15) is 11.5 Å². The molecule has 0 fully saturated rings. The number of methoxy groups -OCH3 is 1. The molecule has 1 unspecified atom stereocenters. The Kier molecular flexibility index (Phi) is 7.08. The van der Waals surface area contributed by atoms with Gasteiger partial charge < -0.3 is 14.8 Å². The number of nitrogens with one attached hydrogen (secondary N) is 1. The molecule has 1 N–H and O–H groups in total. The molecule has 0 aliphatic rings. The van der Waals surface area contributed by atoms with Crippen molar-refractivity contribution in [2.24, 2.45) is 0 Å². The van der Waals surface area contributed by atoms with Gasteiger partial charge in [-0.3, -0.25) is 4.79 Å². The molecule has 0 saturated heterocycles. The second-order valence-electron chi connectivity index (χ2n) is 6.44. The van der Waals surface area contributed by atoms with Crippen molar-refractivity contribution >= 4 is 17.7 Å². The third kappa shape index (κ3) is 5.96. The summed E-state index contributed by atoms with van der Waals surface area (Å²) in [7, 11) is 1.62. The zero-order valence-corrected chi connectivity index (χ0v) is 17.4. The number of thioether (sulfide) groups is 1. The molecule has 1 heterocycles. The quantitative estimate of drug-likeness (QED) is 0.550. The Balaban J connectivity index is 1.59. The SMILES string of the molecule is COc1cccc(C(C)NC(=O)CSc2nccnc2Oc2ccc(C)cc2)c1. The first-order valence-electron chi connectivity index (χ1n) is 9.17. The third-order valence-electron chi connectivity index (χ3n) is 4.18. The molecule has 7 heteroatoms. The van der Waals surface area contributed by atoms with Crippen LogP contribution in [0, 0.1) is 6.92 Å². The summed E-state index contributed by atoms with van der Waals surface area (Å²) < 4.78 is 11.1. The van der Waals surface area contributed by atoms with E-state index in [1.807, 2.05) is 62.4 Å². The molecule has 6 nitrogen and oxygen atoms in total. The Morgan fingerprint density at radius 2 is 1.86 bits per heavy atom. The van der Waals surface area contributed by atoms with Crippen molar-refractivity contribution in [3.05, 3.63) is 72.1 Å². The van der Waals surface area contributed by atoms with Gasteiger partial charge in [-0.2, -0.15) is 0 Å². The lowest BCUT2D eigenvalue weighted by atomic mass is 10.1. The van der Waals surface area contributed by atoms with Crippen LogP contribution in [0.5, 0.6) is 17.4 Å². The van der Waals surface area contributed by atoms with Crippen LogP contribution in [0.1, 0.15) is 24.1 Å². The Morgan fingerprint density at radius 1 is 1.10 bits per heavy atom. The lowest BCUT2D eigenvalue weighted by Gasteiger charge is -2.15. The van der Waals surface area contributed by atoms with E-state index in [4.69, 9.17) is 9.47 Å². The zero-order valence-electron chi connectivity index (χ0n) is 16.6. The van der Waals surface area contributed by atoms with E-state index >= 15 is 0 Å². The Hall–Kier alpha value is -3.06. The highest BCUT2D eigenvalue weighted by Gasteiger charge is 2.14. The van der Waals surface area contributed by atoms with Crippen molar-refractivity contribution in [2.45, 2.75) is 24.9 Å². The van der Waals surface area contributed by atoms with Gasteiger partial charge >= 0.3 is 0 Å². The summed E-state index contributed by atoms with van der Waals surface area (Å²) in [6.07, 6.45) is 3.15. The molecule has 0 saturated carbocycles. The van der Waals surface area contributed by atoms with Crippen LogP contribution in [0.2, 0.25) is 0 Å². The number of aromatic nitrogens is 2. The van der Waals surface area contributed by atoms with Gasteiger partial charge in [0.15, 0.2) is 5.03 Å². The minimum atomic E-state index is -0.136. The number of rotatable bonds is 8. The lowest BCUT2D eigenvalue weighted by Crippen LogP contribution is -2.28. The van der Waals surface area contributed by atoms with Gasteiger partial charge in [-0.1, -0.05) is 41.6 Å². The van der Waals surface area contributed by atoms with E-state index in [9.17, 15) is 4.79 Å². The molecule has 1 aromatic heterocycles.